The second-order valence-electron chi connectivity index (χ2n) is 5.21. The highest BCUT2D eigenvalue weighted by atomic mass is 79.9. The molecule has 1 atom stereocenters. The van der Waals surface area contributed by atoms with E-state index in [-0.39, 0.29) is 24.2 Å². The average molecular weight is 358 g/mol. The van der Waals surface area contributed by atoms with Gasteiger partial charge in [-0.1, -0.05) is 29.8 Å². The molecule has 116 valence electrons. The van der Waals surface area contributed by atoms with E-state index in [9.17, 15) is 14.9 Å². The summed E-state index contributed by atoms with van der Waals surface area (Å²) >= 11 is 3.22. The standard InChI is InChI=1S/C14H20BrN3O3/c1-9(2)6-12(14(19)16-3)17-8-10-4-5-11(15)7-13(10)18(20)21/h4-5,7,9,12,17H,6,8H2,1-3H3,(H,16,19). The van der Waals surface area contributed by atoms with Gasteiger partial charge in [0.2, 0.25) is 5.91 Å². The number of rotatable bonds is 7. The Bertz CT molecular complexity index is 520. The largest absolute Gasteiger partial charge is 0.358 e. The second-order valence-corrected chi connectivity index (χ2v) is 6.12. The lowest BCUT2D eigenvalue weighted by Gasteiger charge is -2.19. The fourth-order valence-corrected chi connectivity index (χ4v) is 2.37. The summed E-state index contributed by atoms with van der Waals surface area (Å²) in [6.07, 6.45) is 0.671. The molecule has 0 heterocycles. The van der Waals surface area contributed by atoms with Gasteiger partial charge in [0, 0.05) is 29.7 Å². The number of benzene rings is 1. The summed E-state index contributed by atoms with van der Waals surface area (Å²) in [6, 6.07) is 4.54. The summed E-state index contributed by atoms with van der Waals surface area (Å²) in [5.41, 5.74) is 0.595. The molecular formula is C14H20BrN3O3. The van der Waals surface area contributed by atoms with Gasteiger partial charge >= 0.3 is 0 Å². The Hall–Kier alpha value is -1.47. The zero-order valence-electron chi connectivity index (χ0n) is 12.4. The van der Waals surface area contributed by atoms with Gasteiger partial charge in [-0.2, -0.15) is 0 Å². The summed E-state index contributed by atoms with van der Waals surface area (Å²) in [6.45, 7) is 4.33. The number of carbonyl (C=O) groups excluding carboxylic acids is 1. The maximum atomic E-state index is 11.8. The lowest BCUT2D eigenvalue weighted by atomic mass is 10.0. The van der Waals surface area contributed by atoms with E-state index in [1.165, 1.54) is 6.07 Å². The van der Waals surface area contributed by atoms with Crippen LogP contribution in [-0.4, -0.2) is 23.9 Å². The molecule has 0 aliphatic heterocycles. The number of halogens is 1. The summed E-state index contributed by atoms with van der Waals surface area (Å²) in [5.74, 6) is 0.239. The highest BCUT2D eigenvalue weighted by Gasteiger charge is 2.20. The maximum Gasteiger partial charge on any atom is 0.275 e. The van der Waals surface area contributed by atoms with Crippen LogP contribution in [0.15, 0.2) is 22.7 Å². The second kappa shape index (κ2) is 8.09. The van der Waals surface area contributed by atoms with Crippen molar-refractivity contribution in [3.05, 3.63) is 38.3 Å². The molecule has 0 bridgehead atoms. The lowest BCUT2D eigenvalue weighted by molar-refractivity contribution is -0.385. The molecule has 7 heteroatoms. The SMILES string of the molecule is CNC(=O)C(CC(C)C)NCc1ccc(Br)cc1[N+](=O)[O-]. The first-order chi connectivity index (χ1) is 9.85. The van der Waals surface area contributed by atoms with Crippen LogP contribution in [-0.2, 0) is 11.3 Å². The van der Waals surface area contributed by atoms with Crippen LogP contribution in [0.3, 0.4) is 0 Å². The fraction of sp³-hybridized carbons (Fsp3) is 0.500. The van der Waals surface area contributed by atoms with Crippen molar-refractivity contribution in [1.29, 1.82) is 0 Å². The van der Waals surface area contributed by atoms with Crippen LogP contribution in [0, 0.1) is 16.0 Å². The normalized spacial score (nSPS) is 12.2. The molecular weight excluding hydrogens is 338 g/mol. The Morgan fingerprint density at radius 3 is 2.62 bits per heavy atom. The van der Waals surface area contributed by atoms with Gasteiger partial charge in [-0.05, 0) is 24.5 Å². The first-order valence-corrected chi connectivity index (χ1v) is 7.52. The van der Waals surface area contributed by atoms with E-state index in [0.29, 0.717) is 22.4 Å². The van der Waals surface area contributed by atoms with Gasteiger partial charge < -0.3 is 10.6 Å². The number of nitrogens with zero attached hydrogens (tertiary/aromatic N) is 1. The minimum atomic E-state index is -0.418. The van der Waals surface area contributed by atoms with E-state index < -0.39 is 4.92 Å². The molecule has 0 fully saturated rings. The molecule has 1 aromatic rings. The zero-order valence-corrected chi connectivity index (χ0v) is 13.9. The van der Waals surface area contributed by atoms with Crippen molar-refractivity contribution >= 4 is 27.5 Å². The Labute approximate surface area is 132 Å². The number of hydrogen-bond donors (Lipinski definition) is 2. The van der Waals surface area contributed by atoms with Crippen LogP contribution in [0.2, 0.25) is 0 Å². The van der Waals surface area contributed by atoms with Crippen LogP contribution < -0.4 is 10.6 Å². The predicted octanol–water partition coefficient (Wildman–Crippen LogP) is 2.61. The molecule has 0 aliphatic carbocycles. The van der Waals surface area contributed by atoms with E-state index in [1.807, 2.05) is 13.8 Å². The first kappa shape index (κ1) is 17.6. The van der Waals surface area contributed by atoms with Gasteiger partial charge in [0.25, 0.3) is 5.69 Å². The number of carbonyl (C=O) groups is 1. The Morgan fingerprint density at radius 2 is 2.10 bits per heavy atom. The summed E-state index contributed by atoms with van der Waals surface area (Å²) in [4.78, 5) is 22.5. The molecule has 1 unspecified atom stereocenters. The van der Waals surface area contributed by atoms with Gasteiger partial charge in [0.1, 0.15) is 0 Å². The van der Waals surface area contributed by atoms with Crippen LogP contribution >= 0.6 is 15.9 Å². The van der Waals surface area contributed by atoms with E-state index in [2.05, 4.69) is 26.6 Å². The van der Waals surface area contributed by atoms with E-state index in [0.717, 1.165) is 0 Å². The quantitative estimate of drug-likeness (QED) is 0.580. The van der Waals surface area contributed by atoms with Crippen molar-refractivity contribution in [1.82, 2.24) is 10.6 Å². The van der Waals surface area contributed by atoms with E-state index >= 15 is 0 Å². The van der Waals surface area contributed by atoms with Crippen molar-refractivity contribution in [2.45, 2.75) is 32.9 Å². The number of nitrogens with one attached hydrogen (secondary N) is 2. The molecule has 1 aromatic carbocycles. The number of amides is 1. The van der Waals surface area contributed by atoms with Gasteiger partial charge in [-0.25, -0.2) is 0 Å². The van der Waals surface area contributed by atoms with Crippen molar-refractivity contribution in [2.75, 3.05) is 7.05 Å². The van der Waals surface area contributed by atoms with E-state index in [1.54, 1.807) is 19.2 Å². The number of likely N-dealkylation sites (N-methyl/N-ethyl adjacent to an activating group) is 1. The van der Waals surface area contributed by atoms with Crippen LogP contribution in [0.4, 0.5) is 5.69 Å². The third-order valence-electron chi connectivity index (χ3n) is 3.05. The van der Waals surface area contributed by atoms with Crippen LogP contribution in [0.25, 0.3) is 0 Å². The van der Waals surface area contributed by atoms with Crippen molar-refractivity contribution in [3.8, 4) is 0 Å². The molecule has 2 N–H and O–H groups in total. The Morgan fingerprint density at radius 1 is 1.43 bits per heavy atom. The van der Waals surface area contributed by atoms with Crippen molar-refractivity contribution < 1.29 is 9.72 Å². The summed E-state index contributed by atoms with van der Waals surface area (Å²) < 4.78 is 0.656. The maximum absolute atomic E-state index is 11.8. The van der Waals surface area contributed by atoms with Crippen molar-refractivity contribution in [3.63, 3.8) is 0 Å². The average Bonchev–Trinajstić information content (AvgIpc) is 2.42. The van der Waals surface area contributed by atoms with Crippen molar-refractivity contribution in [2.24, 2.45) is 5.92 Å². The Kier molecular flexibility index (Phi) is 6.77. The zero-order chi connectivity index (χ0) is 16.0. The topological polar surface area (TPSA) is 84.3 Å². The first-order valence-electron chi connectivity index (χ1n) is 6.73. The number of nitro benzene ring substituents is 1. The van der Waals surface area contributed by atoms with Crippen LogP contribution in [0.1, 0.15) is 25.8 Å². The minimum absolute atomic E-state index is 0.0390. The van der Waals surface area contributed by atoms with Gasteiger partial charge in [0.05, 0.1) is 11.0 Å². The molecule has 0 aromatic heterocycles. The van der Waals surface area contributed by atoms with Gasteiger partial charge in [0.15, 0.2) is 0 Å². The van der Waals surface area contributed by atoms with Crippen LogP contribution in [0.5, 0.6) is 0 Å². The molecule has 0 radical (unpaired) electrons. The monoisotopic (exact) mass is 357 g/mol. The molecule has 0 spiro atoms. The fourth-order valence-electron chi connectivity index (χ4n) is 2.02. The Balaban J connectivity index is 2.84. The smallest absolute Gasteiger partial charge is 0.275 e. The molecule has 1 rings (SSSR count). The summed E-state index contributed by atoms with van der Waals surface area (Å²) in [5, 5.41) is 16.8. The van der Waals surface area contributed by atoms with Gasteiger partial charge in [-0.3, -0.25) is 14.9 Å². The highest BCUT2D eigenvalue weighted by molar-refractivity contribution is 9.10. The summed E-state index contributed by atoms with van der Waals surface area (Å²) in [7, 11) is 1.58. The molecule has 21 heavy (non-hydrogen) atoms. The number of nitro groups is 1. The molecule has 6 nitrogen and oxygen atoms in total. The third-order valence-corrected chi connectivity index (χ3v) is 3.55. The highest BCUT2D eigenvalue weighted by Crippen LogP contribution is 2.23. The number of hydrogen-bond acceptors (Lipinski definition) is 4. The molecule has 1 amide bonds. The molecule has 0 aliphatic rings. The molecule has 0 saturated heterocycles. The van der Waals surface area contributed by atoms with Gasteiger partial charge in [-0.15, -0.1) is 0 Å². The minimum Gasteiger partial charge on any atom is -0.358 e. The molecule has 0 saturated carbocycles. The predicted molar refractivity (Wildman–Crippen MR) is 84.9 cm³/mol. The third kappa shape index (κ3) is 5.43. The lowest BCUT2D eigenvalue weighted by Crippen LogP contribution is -2.43. The van der Waals surface area contributed by atoms with E-state index in [4.69, 9.17) is 0 Å².